The van der Waals surface area contributed by atoms with E-state index < -0.39 is 0 Å². The number of hydrogen-bond donors (Lipinski definition) is 0. The third-order valence-corrected chi connectivity index (χ3v) is 3.24. The van der Waals surface area contributed by atoms with Crippen molar-refractivity contribution in [3.05, 3.63) is 28.2 Å². The van der Waals surface area contributed by atoms with Crippen molar-refractivity contribution in [3.8, 4) is 5.75 Å². The molecule has 0 amide bonds. The first-order valence-electron chi connectivity index (χ1n) is 6.16. The number of rotatable bonds is 8. The number of para-hydroxylation sites is 1. The summed E-state index contributed by atoms with van der Waals surface area (Å²) in [6.07, 6.45) is 6.86. The van der Waals surface area contributed by atoms with Gasteiger partial charge in [-0.1, -0.05) is 38.7 Å². The Balaban J connectivity index is 2.38. The van der Waals surface area contributed by atoms with Crippen LogP contribution in [0.25, 0.3) is 0 Å². The van der Waals surface area contributed by atoms with E-state index in [0.717, 1.165) is 17.2 Å². The van der Waals surface area contributed by atoms with E-state index in [9.17, 15) is 4.79 Å². The van der Waals surface area contributed by atoms with Crippen LogP contribution >= 0.6 is 15.9 Å². The van der Waals surface area contributed by atoms with E-state index in [4.69, 9.17) is 4.74 Å². The monoisotopic (exact) mass is 298 g/mol. The predicted molar refractivity (Wildman–Crippen MR) is 73.8 cm³/mol. The van der Waals surface area contributed by atoms with Crippen LogP contribution in [0.2, 0.25) is 0 Å². The quantitative estimate of drug-likeness (QED) is 0.517. The summed E-state index contributed by atoms with van der Waals surface area (Å²) in [6, 6.07) is 5.49. The second kappa shape index (κ2) is 8.29. The number of carbonyl (C=O) groups excluding carboxylic acids is 1. The smallest absolute Gasteiger partial charge is 0.153 e. The summed E-state index contributed by atoms with van der Waals surface area (Å²) < 4.78 is 6.50. The zero-order valence-electron chi connectivity index (χ0n) is 10.2. The van der Waals surface area contributed by atoms with Gasteiger partial charge in [0.25, 0.3) is 0 Å². The highest BCUT2D eigenvalue weighted by Crippen LogP contribution is 2.28. The topological polar surface area (TPSA) is 26.3 Å². The first-order valence-corrected chi connectivity index (χ1v) is 6.95. The Morgan fingerprint density at radius 1 is 1.24 bits per heavy atom. The maximum absolute atomic E-state index is 10.9. The van der Waals surface area contributed by atoms with Gasteiger partial charge in [-0.2, -0.15) is 0 Å². The summed E-state index contributed by atoms with van der Waals surface area (Å²) in [7, 11) is 0. The van der Waals surface area contributed by atoms with Gasteiger partial charge >= 0.3 is 0 Å². The van der Waals surface area contributed by atoms with Crippen molar-refractivity contribution < 1.29 is 9.53 Å². The maximum Gasteiger partial charge on any atom is 0.153 e. The summed E-state index contributed by atoms with van der Waals surface area (Å²) in [5, 5.41) is 0. The van der Waals surface area contributed by atoms with Crippen LogP contribution in [0.4, 0.5) is 0 Å². The van der Waals surface area contributed by atoms with Gasteiger partial charge in [-0.15, -0.1) is 0 Å². The van der Waals surface area contributed by atoms with Crippen molar-refractivity contribution in [3.63, 3.8) is 0 Å². The average Bonchev–Trinajstić information content (AvgIpc) is 2.35. The molecule has 0 aromatic heterocycles. The van der Waals surface area contributed by atoms with Crippen LogP contribution in [0.1, 0.15) is 49.4 Å². The SMILES string of the molecule is CCCCCCCOc1c(Br)cccc1C=O. The first kappa shape index (κ1) is 14.2. The Morgan fingerprint density at radius 3 is 2.71 bits per heavy atom. The Morgan fingerprint density at radius 2 is 2.00 bits per heavy atom. The molecule has 0 radical (unpaired) electrons. The van der Waals surface area contributed by atoms with Gasteiger partial charge in [0.15, 0.2) is 6.29 Å². The van der Waals surface area contributed by atoms with Gasteiger partial charge in [0, 0.05) is 0 Å². The molecule has 0 saturated carbocycles. The van der Waals surface area contributed by atoms with E-state index in [1.807, 2.05) is 12.1 Å². The second-order valence-electron chi connectivity index (χ2n) is 4.04. The minimum absolute atomic E-state index is 0.605. The van der Waals surface area contributed by atoms with Crippen molar-refractivity contribution in [2.75, 3.05) is 6.61 Å². The zero-order valence-corrected chi connectivity index (χ0v) is 11.8. The standard InChI is InChI=1S/C14H19BrO2/c1-2-3-4-5-6-10-17-14-12(11-16)8-7-9-13(14)15/h7-9,11H,2-6,10H2,1H3. The fourth-order valence-electron chi connectivity index (χ4n) is 1.65. The van der Waals surface area contributed by atoms with E-state index in [0.29, 0.717) is 17.9 Å². The Bertz CT molecular complexity index is 350. The molecule has 1 rings (SSSR count). The molecule has 0 fully saturated rings. The van der Waals surface area contributed by atoms with Gasteiger partial charge in [-0.05, 0) is 34.5 Å². The van der Waals surface area contributed by atoms with Crippen molar-refractivity contribution in [1.29, 1.82) is 0 Å². The van der Waals surface area contributed by atoms with Crippen LogP contribution in [0.15, 0.2) is 22.7 Å². The lowest BCUT2D eigenvalue weighted by atomic mass is 10.2. The van der Waals surface area contributed by atoms with Crippen LogP contribution in [-0.2, 0) is 0 Å². The molecule has 94 valence electrons. The molecule has 0 spiro atoms. The third kappa shape index (κ3) is 4.90. The van der Waals surface area contributed by atoms with Crippen LogP contribution in [0, 0.1) is 0 Å². The van der Waals surface area contributed by atoms with Crippen LogP contribution in [0.5, 0.6) is 5.75 Å². The highest BCUT2D eigenvalue weighted by molar-refractivity contribution is 9.10. The van der Waals surface area contributed by atoms with Crippen molar-refractivity contribution in [2.45, 2.75) is 39.0 Å². The number of aldehydes is 1. The highest BCUT2D eigenvalue weighted by Gasteiger charge is 2.06. The third-order valence-electron chi connectivity index (χ3n) is 2.62. The molecule has 0 aliphatic rings. The number of hydrogen-bond acceptors (Lipinski definition) is 2. The summed E-state index contributed by atoms with van der Waals surface area (Å²) in [6.45, 7) is 2.88. The highest BCUT2D eigenvalue weighted by atomic mass is 79.9. The molecule has 0 atom stereocenters. The number of ether oxygens (including phenoxy) is 1. The van der Waals surface area contributed by atoms with E-state index in [2.05, 4.69) is 22.9 Å². The first-order chi connectivity index (χ1) is 8.29. The maximum atomic E-state index is 10.9. The predicted octanol–water partition coefficient (Wildman–Crippen LogP) is 4.61. The van der Waals surface area contributed by atoms with E-state index in [1.165, 1.54) is 25.7 Å². The lowest BCUT2D eigenvalue weighted by molar-refractivity contribution is 0.111. The van der Waals surface area contributed by atoms with Crippen LogP contribution in [0.3, 0.4) is 0 Å². The van der Waals surface area contributed by atoms with Crippen LogP contribution < -0.4 is 4.74 Å². The molecule has 0 saturated heterocycles. The Labute approximate surface area is 111 Å². The summed E-state index contributed by atoms with van der Waals surface area (Å²) in [5.74, 6) is 0.665. The Hall–Kier alpha value is -0.830. The number of halogens is 1. The van der Waals surface area contributed by atoms with Gasteiger partial charge in [0.2, 0.25) is 0 Å². The van der Waals surface area contributed by atoms with Crippen molar-refractivity contribution in [2.24, 2.45) is 0 Å². The van der Waals surface area contributed by atoms with Gasteiger partial charge in [0.1, 0.15) is 5.75 Å². The molecule has 0 bridgehead atoms. The zero-order chi connectivity index (χ0) is 12.5. The fourth-order valence-corrected chi connectivity index (χ4v) is 2.15. The summed E-state index contributed by atoms with van der Waals surface area (Å²) in [4.78, 5) is 10.9. The number of unbranched alkanes of at least 4 members (excludes halogenated alkanes) is 4. The largest absolute Gasteiger partial charge is 0.492 e. The van der Waals surface area contributed by atoms with Gasteiger partial charge in [-0.3, -0.25) is 4.79 Å². The molecule has 1 aromatic carbocycles. The van der Waals surface area contributed by atoms with Gasteiger partial charge in [0.05, 0.1) is 16.6 Å². The number of benzene rings is 1. The molecule has 3 heteroatoms. The molecule has 17 heavy (non-hydrogen) atoms. The van der Waals surface area contributed by atoms with Crippen molar-refractivity contribution in [1.82, 2.24) is 0 Å². The molecule has 2 nitrogen and oxygen atoms in total. The molecule has 0 unspecified atom stereocenters. The summed E-state index contributed by atoms with van der Waals surface area (Å²) >= 11 is 3.40. The molecular weight excluding hydrogens is 280 g/mol. The van der Waals surface area contributed by atoms with Gasteiger partial charge < -0.3 is 4.74 Å². The van der Waals surface area contributed by atoms with E-state index >= 15 is 0 Å². The average molecular weight is 299 g/mol. The fraction of sp³-hybridized carbons (Fsp3) is 0.500. The molecule has 1 aromatic rings. The molecule has 0 aliphatic heterocycles. The minimum Gasteiger partial charge on any atom is -0.492 e. The van der Waals surface area contributed by atoms with Gasteiger partial charge in [-0.25, -0.2) is 0 Å². The summed E-state index contributed by atoms with van der Waals surface area (Å²) in [5.41, 5.74) is 0.605. The Kier molecular flexibility index (Phi) is 6.94. The van der Waals surface area contributed by atoms with E-state index in [-0.39, 0.29) is 0 Å². The minimum atomic E-state index is 0.605. The molecule has 0 aliphatic carbocycles. The second-order valence-corrected chi connectivity index (χ2v) is 4.89. The lowest BCUT2D eigenvalue weighted by Gasteiger charge is -2.10. The lowest BCUT2D eigenvalue weighted by Crippen LogP contribution is -2.00. The normalized spacial score (nSPS) is 10.2. The molecular formula is C14H19BrO2. The molecule has 0 heterocycles. The van der Waals surface area contributed by atoms with E-state index in [1.54, 1.807) is 6.07 Å². The van der Waals surface area contributed by atoms with Crippen molar-refractivity contribution >= 4 is 22.2 Å². The number of carbonyl (C=O) groups is 1. The van der Waals surface area contributed by atoms with Crippen LogP contribution in [-0.4, -0.2) is 12.9 Å². The molecule has 0 N–H and O–H groups in total.